The molecule has 0 aliphatic carbocycles. The SMILES string of the molecule is COC(=O)c1ccc(-[n+]2noc([O-])c2C(=O)CC2(O)C(=O)Nc3ccccc32)cc1. The molecule has 2 N–H and O–H groups in total. The topological polar surface area (TPSA) is 146 Å². The number of methoxy groups -OCH3 is 1. The zero-order chi connectivity index (χ0) is 21.5. The van der Waals surface area contributed by atoms with Gasteiger partial charge < -0.3 is 24.8 Å². The first-order valence-electron chi connectivity index (χ1n) is 8.79. The van der Waals surface area contributed by atoms with Crippen LogP contribution in [0.15, 0.2) is 53.1 Å². The Kier molecular flexibility index (Phi) is 4.55. The van der Waals surface area contributed by atoms with Crippen LogP contribution >= 0.6 is 0 Å². The van der Waals surface area contributed by atoms with Crippen molar-refractivity contribution in [2.24, 2.45) is 0 Å². The highest BCUT2D eigenvalue weighted by atomic mass is 16.6. The number of ketones is 1. The molecule has 0 fully saturated rings. The predicted octanol–water partition coefficient (Wildman–Crippen LogP) is 0.224. The van der Waals surface area contributed by atoms with Crippen LogP contribution in [-0.4, -0.2) is 35.1 Å². The minimum Gasteiger partial charge on any atom is -0.539 e. The molecule has 1 aliphatic heterocycles. The molecule has 1 atom stereocenters. The van der Waals surface area contributed by atoms with Crippen LogP contribution < -0.4 is 15.1 Å². The van der Waals surface area contributed by atoms with Gasteiger partial charge in [0, 0.05) is 23.4 Å². The van der Waals surface area contributed by atoms with Gasteiger partial charge in [0.25, 0.3) is 5.91 Å². The van der Waals surface area contributed by atoms with Crippen LogP contribution in [0.4, 0.5) is 5.69 Å². The van der Waals surface area contributed by atoms with Gasteiger partial charge in [0.1, 0.15) is 0 Å². The largest absolute Gasteiger partial charge is 0.539 e. The third-order valence-corrected chi connectivity index (χ3v) is 4.82. The van der Waals surface area contributed by atoms with Crippen LogP contribution in [0.25, 0.3) is 5.69 Å². The summed E-state index contributed by atoms with van der Waals surface area (Å²) in [6.45, 7) is 0. The zero-order valence-corrected chi connectivity index (χ0v) is 15.6. The second kappa shape index (κ2) is 7.08. The summed E-state index contributed by atoms with van der Waals surface area (Å²) in [5, 5.41) is 29.2. The number of carbonyl (C=O) groups is 3. The Morgan fingerprint density at radius 2 is 1.93 bits per heavy atom. The number of hydrogen-bond donors (Lipinski definition) is 2. The number of benzene rings is 2. The molecule has 3 aromatic rings. The number of anilines is 1. The number of nitrogens with zero attached hydrogens (tertiary/aromatic N) is 2. The number of amides is 1. The molecule has 30 heavy (non-hydrogen) atoms. The van der Waals surface area contributed by atoms with Gasteiger partial charge in [-0.15, -0.1) is 0 Å². The Morgan fingerprint density at radius 1 is 1.23 bits per heavy atom. The van der Waals surface area contributed by atoms with Crippen LogP contribution in [0.3, 0.4) is 0 Å². The number of fused-ring (bicyclic) bond motifs is 1. The number of hydrogen-bond acceptors (Lipinski definition) is 8. The molecule has 1 unspecified atom stereocenters. The maximum atomic E-state index is 12.9. The van der Waals surface area contributed by atoms with E-state index in [2.05, 4.69) is 19.8 Å². The summed E-state index contributed by atoms with van der Waals surface area (Å²) in [5.41, 5.74) is -1.46. The standard InChI is InChI=1S/C20H15N3O7/c1-29-17(25)11-6-8-12(9-7-11)23-16(18(26)30-22-23)15(24)10-20(28)13-4-2-3-5-14(13)21-19(20)27/h2-9,28H,10H2,1H3,(H-,21,22,24,26,27). The number of para-hydroxylation sites is 1. The fourth-order valence-electron chi connectivity index (χ4n) is 3.31. The molecule has 1 aromatic heterocycles. The number of carbonyl (C=O) groups excluding carboxylic acids is 3. The molecule has 152 valence electrons. The summed E-state index contributed by atoms with van der Waals surface area (Å²) in [7, 11) is 1.24. The van der Waals surface area contributed by atoms with Crippen LogP contribution in [0, 0.1) is 0 Å². The molecule has 1 amide bonds. The summed E-state index contributed by atoms with van der Waals surface area (Å²) in [6.07, 6.45) is -0.688. The summed E-state index contributed by atoms with van der Waals surface area (Å²) in [6, 6.07) is 12.1. The molecule has 1 aliphatic rings. The van der Waals surface area contributed by atoms with Gasteiger partial charge in [-0.3, -0.25) is 9.59 Å². The number of aromatic nitrogens is 2. The van der Waals surface area contributed by atoms with Crippen molar-refractivity contribution in [3.8, 4) is 11.6 Å². The molecule has 10 heteroatoms. The summed E-state index contributed by atoms with van der Waals surface area (Å²) >= 11 is 0. The molecule has 10 nitrogen and oxygen atoms in total. The molecule has 0 saturated heterocycles. The maximum absolute atomic E-state index is 12.9. The fraction of sp³-hybridized carbons (Fsp3) is 0.150. The first kappa shape index (κ1) is 19.3. The van der Waals surface area contributed by atoms with Gasteiger partial charge in [-0.2, -0.15) is 0 Å². The summed E-state index contributed by atoms with van der Waals surface area (Å²) < 4.78 is 10.2. The van der Waals surface area contributed by atoms with Gasteiger partial charge in [-0.25, -0.2) is 4.79 Å². The van der Waals surface area contributed by atoms with Gasteiger partial charge >= 0.3 is 11.7 Å². The van der Waals surface area contributed by atoms with Crippen molar-refractivity contribution in [3.63, 3.8) is 0 Å². The third kappa shape index (κ3) is 2.99. The molecule has 0 radical (unpaired) electrons. The fourth-order valence-corrected chi connectivity index (χ4v) is 3.31. The van der Waals surface area contributed by atoms with Crippen LogP contribution in [0.1, 0.15) is 32.8 Å². The lowest BCUT2D eigenvalue weighted by atomic mass is 9.89. The average molecular weight is 409 g/mol. The van der Waals surface area contributed by atoms with E-state index in [0.29, 0.717) is 5.69 Å². The van der Waals surface area contributed by atoms with Crippen molar-refractivity contribution in [1.29, 1.82) is 0 Å². The van der Waals surface area contributed by atoms with Crippen LogP contribution in [-0.2, 0) is 15.1 Å². The van der Waals surface area contributed by atoms with Crippen molar-refractivity contribution in [1.82, 2.24) is 5.27 Å². The first-order valence-corrected chi connectivity index (χ1v) is 8.79. The summed E-state index contributed by atoms with van der Waals surface area (Å²) in [5.74, 6) is -3.18. The Morgan fingerprint density at radius 3 is 2.63 bits per heavy atom. The van der Waals surface area contributed by atoms with Crippen LogP contribution in [0.5, 0.6) is 5.95 Å². The molecule has 0 saturated carbocycles. The number of rotatable bonds is 5. The minimum atomic E-state index is -2.13. The number of aliphatic hydroxyl groups is 1. The molecule has 2 heterocycles. The van der Waals surface area contributed by atoms with Crippen LogP contribution in [0.2, 0.25) is 0 Å². The molecular weight excluding hydrogens is 394 g/mol. The van der Waals surface area contributed by atoms with Crippen molar-refractivity contribution >= 4 is 23.3 Å². The minimum absolute atomic E-state index is 0.237. The average Bonchev–Trinajstić information content (AvgIpc) is 3.25. The van der Waals surface area contributed by atoms with E-state index in [1.54, 1.807) is 18.2 Å². The van der Waals surface area contributed by atoms with Gasteiger partial charge in [0.2, 0.25) is 11.5 Å². The molecular formula is C20H15N3O7. The normalized spacial score (nSPS) is 17.3. The predicted molar refractivity (Wildman–Crippen MR) is 96.7 cm³/mol. The number of Topliss-reactive ketones (excluding diaryl/α,β-unsaturated/α-hetero) is 1. The van der Waals surface area contributed by atoms with Crippen molar-refractivity contribution in [2.45, 2.75) is 12.0 Å². The number of esters is 1. The van der Waals surface area contributed by atoms with E-state index in [0.717, 1.165) is 4.68 Å². The number of ether oxygens (including phenoxy) is 1. The van der Waals surface area contributed by atoms with E-state index in [9.17, 15) is 24.6 Å². The highest BCUT2D eigenvalue weighted by Crippen LogP contribution is 2.39. The van der Waals surface area contributed by atoms with Gasteiger partial charge in [-0.1, -0.05) is 18.2 Å². The molecule has 2 aromatic carbocycles. The second-order valence-corrected chi connectivity index (χ2v) is 6.62. The Labute approximate surface area is 169 Å². The lowest BCUT2D eigenvalue weighted by Crippen LogP contribution is -2.42. The lowest BCUT2D eigenvalue weighted by Gasteiger charge is -2.18. The second-order valence-electron chi connectivity index (χ2n) is 6.62. The van der Waals surface area contributed by atoms with Gasteiger partial charge in [-0.05, 0) is 22.9 Å². The maximum Gasteiger partial charge on any atom is 0.337 e. The zero-order valence-electron chi connectivity index (χ0n) is 15.6. The van der Waals surface area contributed by atoms with Crippen molar-refractivity contribution in [3.05, 3.63) is 65.4 Å². The van der Waals surface area contributed by atoms with E-state index in [1.165, 1.54) is 37.4 Å². The van der Waals surface area contributed by atoms with E-state index >= 15 is 0 Å². The van der Waals surface area contributed by atoms with Gasteiger partial charge in [0.05, 0.1) is 24.4 Å². The quantitative estimate of drug-likeness (QED) is 0.346. The highest BCUT2D eigenvalue weighted by Gasteiger charge is 2.48. The Hall–Kier alpha value is -4.05. The monoisotopic (exact) mass is 409 g/mol. The van der Waals surface area contributed by atoms with Crippen molar-refractivity contribution < 1.29 is 38.5 Å². The molecule has 0 spiro atoms. The summed E-state index contributed by atoms with van der Waals surface area (Å²) in [4.78, 5) is 36.8. The molecule has 0 bridgehead atoms. The van der Waals surface area contributed by atoms with Gasteiger partial charge in [0.15, 0.2) is 11.5 Å². The molecule has 4 rings (SSSR count). The number of nitrogens with one attached hydrogen (secondary N) is 1. The van der Waals surface area contributed by atoms with E-state index in [-0.39, 0.29) is 16.8 Å². The van der Waals surface area contributed by atoms with E-state index < -0.39 is 41.3 Å². The lowest BCUT2D eigenvalue weighted by molar-refractivity contribution is -0.672. The Bertz CT molecular complexity index is 1170. The first-order chi connectivity index (χ1) is 14.3. The van der Waals surface area contributed by atoms with Crippen molar-refractivity contribution in [2.75, 3.05) is 12.4 Å². The third-order valence-electron chi connectivity index (χ3n) is 4.82. The van der Waals surface area contributed by atoms with E-state index in [4.69, 9.17) is 0 Å². The Balaban J connectivity index is 1.67. The smallest absolute Gasteiger partial charge is 0.337 e. The van der Waals surface area contributed by atoms with E-state index in [1.807, 2.05) is 0 Å². The highest BCUT2D eigenvalue weighted by molar-refractivity contribution is 6.09.